The standard InChI is InChI=1S/C20H23NO6/c1-20(2,3)27-19(23)21-18-12(5-7-14-13(18)9-17(22)26-14)11-4-6-15-16(8-11)25-10-24-15/h4-8,12-14,18H,9-10H2,1-3H3,(H,21,23)/t12-,13+,14+,18-/m0/s1. The van der Waals surface area contributed by atoms with Crippen LogP contribution in [0.1, 0.15) is 38.7 Å². The van der Waals surface area contributed by atoms with E-state index in [1.807, 2.05) is 51.1 Å². The third-order valence-corrected chi connectivity index (χ3v) is 4.91. The number of hydrogen-bond acceptors (Lipinski definition) is 6. The SMILES string of the molecule is CC(C)(C)OC(=O)N[C@@H]1[C@@H]2CC(=O)O[C@@H]2C=C[C@H]1c1ccc2c(c1)OCO2. The summed E-state index contributed by atoms with van der Waals surface area (Å²) in [6.45, 7) is 5.64. The van der Waals surface area contributed by atoms with E-state index in [1.165, 1.54) is 0 Å². The number of fused-ring (bicyclic) bond motifs is 2. The number of carbonyl (C=O) groups excluding carboxylic acids is 2. The minimum atomic E-state index is -0.607. The Kier molecular flexibility index (Phi) is 4.25. The van der Waals surface area contributed by atoms with Gasteiger partial charge in [-0.1, -0.05) is 12.1 Å². The van der Waals surface area contributed by atoms with Gasteiger partial charge in [0.25, 0.3) is 0 Å². The largest absolute Gasteiger partial charge is 0.458 e. The number of amides is 1. The first-order valence-electron chi connectivity index (χ1n) is 9.07. The highest BCUT2D eigenvalue weighted by atomic mass is 16.7. The molecular weight excluding hydrogens is 350 g/mol. The molecule has 0 bridgehead atoms. The maximum atomic E-state index is 12.4. The van der Waals surface area contributed by atoms with Crippen molar-refractivity contribution in [2.45, 2.75) is 50.9 Å². The van der Waals surface area contributed by atoms with Crippen molar-refractivity contribution in [1.29, 1.82) is 0 Å². The van der Waals surface area contributed by atoms with Crippen molar-refractivity contribution in [2.24, 2.45) is 5.92 Å². The first-order valence-corrected chi connectivity index (χ1v) is 9.07. The number of nitrogens with one attached hydrogen (secondary N) is 1. The molecule has 1 aromatic rings. The van der Waals surface area contributed by atoms with Crippen LogP contribution in [-0.4, -0.2) is 36.6 Å². The fourth-order valence-electron chi connectivity index (χ4n) is 3.80. The van der Waals surface area contributed by atoms with E-state index in [2.05, 4.69) is 5.32 Å². The molecule has 0 unspecified atom stereocenters. The second-order valence-electron chi connectivity index (χ2n) is 8.02. The lowest BCUT2D eigenvalue weighted by molar-refractivity contribution is -0.140. The molecule has 0 saturated carbocycles. The van der Waals surface area contributed by atoms with Crippen LogP contribution in [-0.2, 0) is 14.3 Å². The van der Waals surface area contributed by atoms with Gasteiger partial charge in [0.2, 0.25) is 6.79 Å². The van der Waals surface area contributed by atoms with Crippen molar-refractivity contribution >= 4 is 12.1 Å². The van der Waals surface area contributed by atoms with Crippen LogP contribution >= 0.6 is 0 Å². The van der Waals surface area contributed by atoms with Crippen LogP contribution in [0, 0.1) is 5.92 Å². The molecule has 0 radical (unpaired) electrons. The fourth-order valence-corrected chi connectivity index (χ4v) is 3.80. The van der Waals surface area contributed by atoms with Gasteiger partial charge >= 0.3 is 12.1 Å². The summed E-state index contributed by atoms with van der Waals surface area (Å²) in [7, 11) is 0. The lowest BCUT2D eigenvalue weighted by Gasteiger charge is -2.36. The average Bonchev–Trinajstić information content (AvgIpc) is 3.18. The van der Waals surface area contributed by atoms with Gasteiger partial charge in [0.15, 0.2) is 11.5 Å². The topological polar surface area (TPSA) is 83.1 Å². The molecule has 4 rings (SSSR count). The first kappa shape index (κ1) is 17.7. The number of ether oxygens (including phenoxy) is 4. The number of benzene rings is 1. The molecule has 2 aliphatic heterocycles. The zero-order chi connectivity index (χ0) is 19.2. The van der Waals surface area contributed by atoms with Gasteiger partial charge in [-0.05, 0) is 44.5 Å². The van der Waals surface area contributed by atoms with Crippen LogP contribution in [0.4, 0.5) is 4.79 Å². The van der Waals surface area contributed by atoms with E-state index in [0.717, 1.165) is 5.56 Å². The molecule has 1 aliphatic carbocycles. The van der Waals surface area contributed by atoms with Crippen LogP contribution in [0.5, 0.6) is 11.5 Å². The fraction of sp³-hybridized carbons (Fsp3) is 0.500. The van der Waals surface area contributed by atoms with Gasteiger partial charge in [0.1, 0.15) is 11.7 Å². The quantitative estimate of drug-likeness (QED) is 0.634. The molecule has 1 amide bonds. The number of rotatable bonds is 2. The van der Waals surface area contributed by atoms with Crippen molar-refractivity contribution in [3.05, 3.63) is 35.9 Å². The maximum absolute atomic E-state index is 12.4. The summed E-state index contributed by atoms with van der Waals surface area (Å²) >= 11 is 0. The van der Waals surface area contributed by atoms with Crippen LogP contribution in [0.2, 0.25) is 0 Å². The van der Waals surface area contributed by atoms with Crippen LogP contribution in [0.25, 0.3) is 0 Å². The molecule has 1 fully saturated rings. The van der Waals surface area contributed by atoms with E-state index in [4.69, 9.17) is 18.9 Å². The Labute approximate surface area is 157 Å². The van der Waals surface area contributed by atoms with E-state index in [0.29, 0.717) is 11.5 Å². The van der Waals surface area contributed by atoms with E-state index < -0.39 is 11.7 Å². The Bertz CT molecular complexity index is 796. The van der Waals surface area contributed by atoms with Crippen molar-refractivity contribution in [3.63, 3.8) is 0 Å². The summed E-state index contributed by atoms with van der Waals surface area (Å²) < 4.78 is 21.7. The molecule has 1 saturated heterocycles. The van der Waals surface area contributed by atoms with E-state index >= 15 is 0 Å². The summed E-state index contributed by atoms with van der Waals surface area (Å²) in [5.74, 6) is 0.843. The number of carbonyl (C=O) groups is 2. The molecule has 0 spiro atoms. The smallest absolute Gasteiger partial charge is 0.407 e. The molecule has 3 aliphatic rings. The summed E-state index contributed by atoms with van der Waals surface area (Å²) in [5, 5.41) is 2.97. The zero-order valence-electron chi connectivity index (χ0n) is 15.6. The average molecular weight is 373 g/mol. The molecule has 2 heterocycles. The lowest BCUT2D eigenvalue weighted by Crippen LogP contribution is -2.49. The Morgan fingerprint density at radius 1 is 1.19 bits per heavy atom. The van der Waals surface area contributed by atoms with E-state index in [9.17, 15) is 9.59 Å². The van der Waals surface area contributed by atoms with Gasteiger partial charge in [-0.3, -0.25) is 4.79 Å². The van der Waals surface area contributed by atoms with E-state index in [1.54, 1.807) is 0 Å². The van der Waals surface area contributed by atoms with Gasteiger partial charge in [-0.2, -0.15) is 0 Å². The normalized spacial score (nSPS) is 28.5. The highest BCUT2D eigenvalue weighted by Crippen LogP contribution is 2.42. The second-order valence-corrected chi connectivity index (χ2v) is 8.02. The maximum Gasteiger partial charge on any atom is 0.407 e. The molecule has 7 heteroatoms. The highest BCUT2D eigenvalue weighted by Gasteiger charge is 2.45. The minimum Gasteiger partial charge on any atom is -0.458 e. The molecule has 1 N–H and O–H groups in total. The number of alkyl carbamates (subject to hydrolysis) is 1. The van der Waals surface area contributed by atoms with Gasteiger partial charge in [0, 0.05) is 17.9 Å². The summed E-state index contributed by atoms with van der Waals surface area (Å²) in [5.41, 5.74) is 0.360. The lowest BCUT2D eigenvalue weighted by atomic mass is 9.76. The Hall–Kier alpha value is -2.70. The molecule has 1 aromatic carbocycles. The Morgan fingerprint density at radius 3 is 2.74 bits per heavy atom. The van der Waals surface area contributed by atoms with Gasteiger partial charge in [-0.25, -0.2) is 4.79 Å². The van der Waals surface area contributed by atoms with Gasteiger partial charge in [-0.15, -0.1) is 0 Å². The van der Waals surface area contributed by atoms with E-state index in [-0.39, 0.29) is 43.2 Å². The molecule has 4 atom stereocenters. The molecule has 7 nitrogen and oxygen atoms in total. The van der Waals surface area contributed by atoms with Crippen molar-refractivity contribution in [2.75, 3.05) is 6.79 Å². The van der Waals surface area contributed by atoms with Crippen LogP contribution < -0.4 is 14.8 Å². The molecular formula is C20H23NO6. The zero-order valence-corrected chi connectivity index (χ0v) is 15.6. The third kappa shape index (κ3) is 3.59. The predicted molar refractivity (Wildman–Crippen MR) is 95.6 cm³/mol. The number of hydrogen-bond donors (Lipinski definition) is 1. The van der Waals surface area contributed by atoms with Crippen LogP contribution in [0.15, 0.2) is 30.4 Å². The Balaban J connectivity index is 1.63. The van der Waals surface area contributed by atoms with Crippen molar-refractivity contribution < 1.29 is 28.5 Å². The summed E-state index contributed by atoms with van der Waals surface area (Å²) in [4.78, 5) is 24.3. The highest BCUT2D eigenvalue weighted by molar-refractivity contribution is 5.74. The van der Waals surface area contributed by atoms with Gasteiger partial charge in [0.05, 0.1) is 6.42 Å². The van der Waals surface area contributed by atoms with Gasteiger partial charge < -0.3 is 24.3 Å². The second kappa shape index (κ2) is 6.48. The molecule has 0 aromatic heterocycles. The molecule has 27 heavy (non-hydrogen) atoms. The monoisotopic (exact) mass is 373 g/mol. The van der Waals surface area contributed by atoms with Crippen molar-refractivity contribution in [1.82, 2.24) is 5.32 Å². The predicted octanol–water partition coefficient (Wildman–Crippen LogP) is 2.89. The Morgan fingerprint density at radius 2 is 1.96 bits per heavy atom. The first-order chi connectivity index (χ1) is 12.8. The van der Waals surface area contributed by atoms with Crippen molar-refractivity contribution in [3.8, 4) is 11.5 Å². The minimum absolute atomic E-state index is 0.136. The summed E-state index contributed by atoms with van der Waals surface area (Å²) in [6, 6.07) is 5.39. The molecule has 144 valence electrons. The number of esters is 1. The summed E-state index contributed by atoms with van der Waals surface area (Å²) in [6.07, 6.45) is 3.29. The third-order valence-electron chi connectivity index (χ3n) is 4.91. The van der Waals surface area contributed by atoms with Crippen LogP contribution in [0.3, 0.4) is 0 Å².